The van der Waals surface area contributed by atoms with Gasteiger partial charge in [-0.05, 0) is 54.6 Å². The molecule has 3 rings (SSSR count). The summed E-state index contributed by atoms with van der Waals surface area (Å²) in [6, 6.07) is 12.3. The number of benzene rings is 3. The summed E-state index contributed by atoms with van der Waals surface area (Å²) in [6.07, 6.45) is -4.63. The summed E-state index contributed by atoms with van der Waals surface area (Å²) in [7, 11) is -4.26. The molecule has 1 amide bonds. The van der Waals surface area contributed by atoms with Gasteiger partial charge in [0.1, 0.15) is 11.6 Å². The Kier molecular flexibility index (Phi) is 7.13. The van der Waals surface area contributed by atoms with Crippen LogP contribution in [0.4, 0.5) is 28.9 Å². The highest BCUT2D eigenvalue weighted by molar-refractivity contribution is 7.92. The van der Waals surface area contributed by atoms with Crippen LogP contribution < -0.4 is 14.8 Å². The van der Waals surface area contributed by atoms with E-state index in [-0.39, 0.29) is 27.0 Å². The Morgan fingerprint density at radius 1 is 0.970 bits per heavy atom. The highest BCUT2D eigenvalue weighted by Gasteiger charge is 2.30. The summed E-state index contributed by atoms with van der Waals surface area (Å²) in [5, 5.41) is 2.27. The largest absolute Gasteiger partial charge is 0.482 e. The molecule has 0 saturated heterocycles. The van der Waals surface area contributed by atoms with Crippen LogP contribution in [0.15, 0.2) is 71.6 Å². The number of rotatable bonds is 7. The molecule has 0 bridgehead atoms. The second kappa shape index (κ2) is 9.67. The minimum atomic E-state index is -4.63. The first-order valence-electron chi connectivity index (χ1n) is 9.12. The quantitative estimate of drug-likeness (QED) is 0.428. The lowest BCUT2D eigenvalue weighted by Crippen LogP contribution is -2.20. The molecule has 0 atom stereocenters. The minimum Gasteiger partial charge on any atom is -0.482 e. The number of sulfonamides is 1. The molecule has 2 N–H and O–H groups in total. The van der Waals surface area contributed by atoms with Gasteiger partial charge in [0.05, 0.1) is 15.5 Å². The molecular formula is C21H15ClF4N2O4S. The van der Waals surface area contributed by atoms with Crippen LogP contribution in [0.5, 0.6) is 5.75 Å². The van der Waals surface area contributed by atoms with Gasteiger partial charge >= 0.3 is 6.18 Å². The highest BCUT2D eigenvalue weighted by Crippen LogP contribution is 2.32. The predicted octanol–water partition coefficient (Wildman–Crippen LogP) is 5.32. The van der Waals surface area contributed by atoms with Crippen molar-refractivity contribution in [2.24, 2.45) is 0 Å². The lowest BCUT2D eigenvalue weighted by molar-refractivity contribution is -0.137. The number of alkyl halides is 3. The molecule has 3 aromatic rings. The van der Waals surface area contributed by atoms with Crippen molar-refractivity contribution >= 4 is 38.9 Å². The smallest absolute Gasteiger partial charge is 0.416 e. The van der Waals surface area contributed by atoms with Gasteiger partial charge in [-0.15, -0.1) is 0 Å². The van der Waals surface area contributed by atoms with Crippen molar-refractivity contribution < 1.29 is 35.5 Å². The van der Waals surface area contributed by atoms with Gasteiger partial charge in [-0.3, -0.25) is 9.52 Å². The second-order valence-corrected chi connectivity index (χ2v) is 8.71. The Morgan fingerprint density at radius 3 is 2.33 bits per heavy atom. The van der Waals surface area contributed by atoms with E-state index in [9.17, 15) is 30.8 Å². The van der Waals surface area contributed by atoms with Gasteiger partial charge in [0.15, 0.2) is 6.61 Å². The van der Waals surface area contributed by atoms with Crippen molar-refractivity contribution in [2.75, 3.05) is 16.6 Å². The zero-order valence-electron chi connectivity index (χ0n) is 16.5. The van der Waals surface area contributed by atoms with Crippen molar-refractivity contribution in [2.45, 2.75) is 11.1 Å². The molecular weight excluding hydrogens is 488 g/mol. The van der Waals surface area contributed by atoms with Crippen LogP contribution >= 0.6 is 11.6 Å². The number of carbonyl (C=O) groups is 1. The first-order valence-corrected chi connectivity index (χ1v) is 11.0. The van der Waals surface area contributed by atoms with Crippen molar-refractivity contribution in [3.63, 3.8) is 0 Å². The van der Waals surface area contributed by atoms with Crippen molar-refractivity contribution in [3.05, 3.63) is 83.1 Å². The van der Waals surface area contributed by atoms with E-state index in [1.165, 1.54) is 30.3 Å². The van der Waals surface area contributed by atoms with Gasteiger partial charge < -0.3 is 10.1 Å². The fourth-order valence-electron chi connectivity index (χ4n) is 2.65. The molecule has 33 heavy (non-hydrogen) atoms. The van der Waals surface area contributed by atoms with E-state index >= 15 is 0 Å². The maximum Gasteiger partial charge on any atom is 0.416 e. The third-order valence-electron chi connectivity index (χ3n) is 4.12. The van der Waals surface area contributed by atoms with Crippen LogP contribution in [0.25, 0.3) is 0 Å². The van der Waals surface area contributed by atoms with Gasteiger partial charge in [0.25, 0.3) is 15.9 Å². The van der Waals surface area contributed by atoms with Gasteiger partial charge in [0, 0.05) is 11.4 Å². The van der Waals surface area contributed by atoms with E-state index < -0.39 is 40.1 Å². The molecule has 0 heterocycles. The molecule has 0 aliphatic heterocycles. The number of hydrogen-bond donors (Lipinski definition) is 2. The van der Waals surface area contributed by atoms with E-state index in [1.54, 1.807) is 0 Å². The molecule has 174 valence electrons. The Hall–Kier alpha value is -3.31. The van der Waals surface area contributed by atoms with Crippen LogP contribution in [0.2, 0.25) is 5.02 Å². The van der Waals surface area contributed by atoms with Gasteiger partial charge in [-0.2, -0.15) is 13.2 Å². The molecule has 0 fully saturated rings. The van der Waals surface area contributed by atoms with Crippen molar-refractivity contribution in [1.29, 1.82) is 0 Å². The SMILES string of the molecule is O=C(COc1ccc(S(=O)(=O)Nc2cccc(C(F)(F)F)c2)cc1Cl)Nc1cccc(F)c1. The first kappa shape index (κ1) is 24.3. The molecule has 0 saturated carbocycles. The van der Waals surface area contributed by atoms with Crippen LogP contribution in [0.3, 0.4) is 0 Å². The van der Waals surface area contributed by atoms with Gasteiger partial charge in [-0.25, -0.2) is 12.8 Å². The third kappa shape index (κ3) is 6.59. The topological polar surface area (TPSA) is 84.5 Å². The summed E-state index contributed by atoms with van der Waals surface area (Å²) in [5.41, 5.74) is -1.08. The maximum atomic E-state index is 13.2. The third-order valence-corrected chi connectivity index (χ3v) is 5.80. The van der Waals surface area contributed by atoms with Crippen molar-refractivity contribution in [1.82, 2.24) is 0 Å². The highest BCUT2D eigenvalue weighted by atomic mass is 35.5. The maximum absolute atomic E-state index is 13.2. The van der Waals surface area contributed by atoms with Crippen LogP contribution in [0, 0.1) is 5.82 Å². The zero-order valence-corrected chi connectivity index (χ0v) is 18.1. The Morgan fingerprint density at radius 2 is 1.67 bits per heavy atom. The average molecular weight is 503 g/mol. The van der Waals surface area contributed by atoms with Crippen LogP contribution in [0.1, 0.15) is 5.56 Å². The predicted molar refractivity (Wildman–Crippen MR) is 114 cm³/mol. The van der Waals surface area contributed by atoms with Gasteiger partial charge in [-0.1, -0.05) is 23.7 Å². The summed E-state index contributed by atoms with van der Waals surface area (Å²) < 4.78 is 84.1. The summed E-state index contributed by atoms with van der Waals surface area (Å²) >= 11 is 6.04. The molecule has 12 heteroatoms. The Bertz CT molecular complexity index is 1280. The normalized spacial score (nSPS) is 11.7. The van der Waals surface area contributed by atoms with Crippen LogP contribution in [-0.4, -0.2) is 20.9 Å². The molecule has 0 aliphatic rings. The van der Waals surface area contributed by atoms with E-state index in [0.717, 1.165) is 30.3 Å². The zero-order chi connectivity index (χ0) is 24.2. The number of amides is 1. The number of ether oxygens (including phenoxy) is 1. The fraction of sp³-hybridized carbons (Fsp3) is 0.0952. The molecule has 0 radical (unpaired) electrons. The molecule has 0 aromatic heterocycles. The van der Waals surface area contributed by atoms with E-state index in [1.807, 2.05) is 0 Å². The van der Waals surface area contributed by atoms with E-state index in [0.29, 0.717) is 6.07 Å². The Labute approximate surface area is 191 Å². The molecule has 0 spiro atoms. The number of carbonyl (C=O) groups excluding carboxylic acids is 1. The van der Waals surface area contributed by atoms with Crippen LogP contribution in [-0.2, 0) is 21.0 Å². The van der Waals surface area contributed by atoms with E-state index in [2.05, 4.69) is 10.0 Å². The average Bonchev–Trinajstić information content (AvgIpc) is 2.72. The summed E-state index contributed by atoms with van der Waals surface area (Å²) in [6.45, 7) is -0.495. The number of halogens is 5. The molecule has 0 aliphatic carbocycles. The second-order valence-electron chi connectivity index (χ2n) is 6.62. The lowest BCUT2D eigenvalue weighted by Gasteiger charge is -2.13. The number of nitrogens with one attached hydrogen (secondary N) is 2. The van der Waals surface area contributed by atoms with E-state index in [4.69, 9.17) is 16.3 Å². The fourth-order valence-corrected chi connectivity index (χ4v) is 4.02. The standard InChI is InChI=1S/C21H15ClF4N2O4S/c22-18-11-17(33(30,31)28-16-6-1-3-13(9-16)21(24,25)26)7-8-19(18)32-12-20(29)27-15-5-2-4-14(23)10-15/h1-11,28H,12H2,(H,27,29). The monoisotopic (exact) mass is 502 g/mol. The lowest BCUT2D eigenvalue weighted by atomic mass is 10.2. The summed E-state index contributed by atoms with van der Waals surface area (Å²) in [4.78, 5) is 11.6. The van der Waals surface area contributed by atoms with Crippen molar-refractivity contribution in [3.8, 4) is 5.75 Å². The van der Waals surface area contributed by atoms with Gasteiger partial charge in [0.2, 0.25) is 0 Å². The molecule has 6 nitrogen and oxygen atoms in total. The molecule has 3 aromatic carbocycles. The number of anilines is 2. The summed E-state index contributed by atoms with van der Waals surface area (Å²) in [5.74, 6) is -1.16. The Balaban J connectivity index is 1.67. The number of hydrogen-bond acceptors (Lipinski definition) is 4. The molecule has 0 unspecified atom stereocenters. The first-order chi connectivity index (χ1) is 15.4. The minimum absolute atomic E-state index is 0.0101.